The van der Waals surface area contributed by atoms with Crippen molar-refractivity contribution in [1.29, 1.82) is 0 Å². The molecule has 2 aromatic rings. The molecule has 24 heavy (non-hydrogen) atoms. The van der Waals surface area contributed by atoms with Gasteiger partial charge in [0.25, 0.3) is 11.8 Å². The Morgan fingerprint density at radius 3 is 2.17 bits per heavy atom. The molecule has 0 fully saturated rings. The number of ether oxygens (including phenoxy) is 1. The summed E-state index contributed by atoms with van der Waals surface area (Å²) in [6.07, 6.45) is 0.512. The summed E-state index contributed by atoms with van der Waals surface area (Å²) in [7, 11) is 0. The van der Waals surface area contributed by atoms with E-state index in [2.05, 4.69) is 0 Å². The Balaban J connectivity index is 1.54. The monoisotopic (exact) mass is 323 g/mol. The third-order valence-corrected chi connectivity index (χ3v) is 3.96. The number of esters is 1. The molecule has 1 heterocycles. The van der Waals surface area contributed by atoms with Crippen LogP contribution < -0.4 is 4.74 Å². The van der Waals surface area contributed by atoms with Gasteiger partial charge in [0.1, 0.15) is 5.75 Å². The van der Waals surface area contributed by atoms with Crippen molar-refractivity contribution in [1.82, 2.24) is 4.90 Å². The Morgan fingerprint density at radius 1 is 0.958 bits per heavy atom. The summed E-state index contributed by atoms with van der Waals surface area (Å²) in [5.74, 6) is -0.449. The first-order chi connectivity index (χ1) is 11.6. The number of carbonyl (C=O) groups excluding carboxylic acids is 3. The zero-order chi connectivity index (χ0) is 17.1. The van der Waals surface area contributed by atoms with Crippen molar-refractivity contribution in [2.75, 3.05) is 6.54 Å². The van der Waals surface area contributed by atoms with E-state index < -0.39 is 0 Å². The molecule has 0 saturated heterocycles. The van der Waals surface area contributed by atoms with E-state index in [0.29, 0.717) is 23.3 Å². The standard InChI is InChI=1S/C19H17NO4/c1-13-7-2-5-10-16(13)24-17(21)11-6-12-20-18(22)14-8-3-4-9-15(14)19(20)23/h2-5,7-10H,6,11-12H2,1H3. The van der Waals surface area contributed by atoms with Crippen LogP contribution in [0.1, 0.15) is 39.1 Å². The number of amides is 2. The molecule has 3 rings (SSSR count). The normalized spacial score (nSPS) is 13.1. The molecule has 0 radical (unpaired) electrons. The van der Waals surface area contributed by atoms with Gasteiger partial charge in [-0.25, -0.2) is 0 Å². The van der Waals surface area contributed by atoms with Crippen LogP contribution >= 0.6 is 0 Å². The van der Waals surface area contributed by atoms with E-state index in [0.717, 1.165) is 5.56 Å². The number of para-hydroxylation sites is 1. The van der Waals surface area contributed by atoms with Crippen LogP contribution in [-0.2, 0) is 4.79 Å². The second kappa shape index (κ2) is 6.66. The van der Waals surface area contributed by atoms with Gasteiger partial charge in [0.05, 0.1) is 11.1 Å². The topological polar surface area (TPSA) is 63.7 Å². The van der Waals surface area contributed by atoms with Crippen molar-refractivity contribution in [2.45, 2.75) is 19.8 Å². The van der Waals surface area contributed by atoms with Crippen molar-refractivity contribution < 1.29 is 19.1 Å². The SMILES string of the molecule is Cc1ccccc1OC(=O)CCCN1C(=O)c2ccccc2C1=O. The van der Waals surface area contributed by atoms with Gasteiger partial charge in [-0.05, 0) is 37.1 Å². The van der Waals surface area contributed by atoms with E-state index in [1.807, 2.05) is 19.1 Å². The van der Waals surface area contributed by atoms with E-state index in [-0.39, 0.29) is 30.7 Å². The summed E-state index contributed by atoms with van der Waals surface area (Å²) in [6, 6.07) is 14.0. The average molecular weight is 323 g/mol. The molecule has 2 aromatic carbocycles. The van der Waals surface area contributed by atoms with Gasteiger partial charge in [0.2, 0.25) is 0 Å². The smallest absolute Gasteiger partial charge is 0.311 e. The van der Waals surface area contributed by atoms with Gasteiger partial charge in [0.15, 0.2) is 0 Å². The number of hydrogen-bond acceptors (Lipinski definition) is 4. The van der Waals surface area contributed by atoms with Crippen molar-refractivity contribution in [3.8, 4) is 5.75 Å². The molecule has 0 saturated carbocycles. The highest BCUT2D eigenvalue weighted by Gasteiger charge is 2.34. The quantitative estimate of drug-likeness (QED) is 0.482. The maximum atomic E-state index is 12.2. The number of fused-ring (bicyclic) bond motifs is 1. The highest BCUT2D eigenvalue weighted by molar-refractivity contribution is 6.21. The first-order valence-corrected chi connectivity index (χ1v) is 7.79. The van der Waals surface area contributed by atoms with E-state index in [1.165, 1.54) is 4.90 Å². The Morgan fingerprint density at radius 2 is 1.54 bits per heavy atom. The van der Waals surface area contributed by atoms with Crippen LogP contribution in [0.5, 0.6) is 5.75 Å². The Kier molecular flexibility index (Phi) is 4.42. The maximum absolute atomic E-state index is 12.2. The lowest BCUT2D eigenvalue weighted by molar-refractivity contribution is -0.134. The van der Waals surface area contributed by atoms with Crippen LogP contribution in [0.2, 0.25) is 0 Å². The predicted molar refractivity (Wildman–Crippen MR) is 87.9 cm³/mol. The molecule has 5 nitrogen and oxygen atoms in total. The molecule has 1 aliphatic rings. The molecule has 122 valence electrons. The first-order valence-electron chi connectivity index (χ1n) is 7.79. The van der Waals surface area contributed by atoms with E-state index >= 15 is 0 Å². The van der Waals surface area contributed by atoms with Crippen molar-refractivity contribution in [3.05, 3.63) is 65.2 Å². The van der Waals surface area contributed by atoms with Gasteiger partial charge in [-0.1, -0.05) is 30.3 Å². The fraction of sp³-hybridized carbons (Fsp3) is 0.211. The lowest BCUT2D eigenvalue weighted by atomic mass is 10.1. The minimum absolute atomic E-state index is 0.141. The fourth-order valence-electron chi connectivity index (χ4n) is 2.67. The summed E-state index contributed by atoms with van der Waals surface area (Å²) >= 11 is 0. The molecule has 1 aliphatic heterocycles. The molecule has 0 unspecified atom stereocenters. The van der Waals surface area contributed by atoms with Gasteiger partial charge < -0.3 is 4.74 Å². The summed E-state index contributed by atoms with van der Waals surface area (Å²) in [5, 5.41) is 0. The minimum atomic E-state index is -0.374. The molecule has 0 bridgehead atoms. The van der Waals surface area contributed by atoms with Crippen LogP contribution in [0.4, 0.5) is 0 Å². The molecule has 0 aromatic heterocycles. The van der Waals surface area contributed by atoms with E-state index in [1.54, 1.807) is 36.4 Å². The number of carbonyl (C=O) groups is 3. The molecule has 0 N–H and O–H groups in total. The van der Waals surface area contributed by atoms with Crippen molar-refractivity contribution >= 4 is 17.8 Å². The van der Waals surface area contributed by atoms with Crippen LogP contribution in [-0.4, -0.2) is 29.2 Å². The van der Waals surface area contributed by atoms with Gasteiger partial charge in [-0.3, -0.25) is 19.3 Å². The minimum Gasteiger partial charge on any atom is -0.426 e. The van der Waals surface area contributed by atoms with E-state index in [9.17, 15) is 14.4 Å². The van der Waals surface area contributed by atoms with Crippen molar-refractivity contribution in [2.24, 2.45) is 0 Å². The van der Waals surface area contributed by atoms with E-state index in [4.69, 9.17) is 4.74 Å². The summed E-state index contributed by atoms with van der Waals surface area (Å²) in [6.45, 7) is 2.07. The zero-order valence-corrected chi connectivity index (χ0v) is 13.3. The number of benzene rings is 2. The van der Waals surface area contributed by atoms with Gasteiger partial charge >= 0.3 is 5.97 Å². The Hall–Kier alpha value is -2.95. The fourth-order valence-corrected chi connectivity index (χ4v) is 2.67. The van der Waals surface area contributed by atoms with Gasteiger partial charge in [0, 0.05) is 13.0 Å². The summed E-state index contributed by atoms with van der Waals surface area (Å²) in [4.78, 5) is 37.5. The van der Waals surface area contributed by atoms with Gasteiger partial charge in [-0.2, -0.15) is 0 Å². The first kappa shape index (κ1) is 15.9. The largest absolute Gasteiger partial charge is 0.426 e. The molecular weight excluding hydrogens is 306 g/mol. The molecule has 0 atom stereocenters. The van der Waals surface area contributed by atoms with Crippen LogP contribution in [0, 0.1) is 6.92 Å². The zero-order valence-electron chi connectivity index (χ0n) is 13.3. The Labute approximate surface area is 139 Å². The lowest BCUT2D eigenvalue weighted by Gasteiger charge is -2.13. The second-order valence-electron chi connectivity index (χ2n) is 5.65. The Bertz CT molecular complexity index is 778. The number of rotatable bonds is 5. The number of imide groups is 1. The van der Waals surface area contributed by atoms with Crippen molar-refractivity contribution in [3.63, 3.8) is 0 Å². The molecule has 0 spiro atoms. The second-order valence-corrected chi connectivity index (χ2v) is 5.65. The van der Waals surface area contributed by atoms with Crippen LogP contribution in [0.15, 0.2) is 48.5 Å². The third kappa shape index (κ3) is 3.06. The molecule has 2 amide bonds. The average Bonchev–Trinajstić information content (AvgIpc) is 2.82. The lowest BCUT2D eigenvalue weighted by Crippen LogP contribution is -2.31. The van der Waals surface area contributed by atoms with Gasteiger partial charge in [-0.15, -0.1) is 0 Å². The maximum Gasteiger partial charge on any atom is 0.311 e. The summed E-state index contributed by atoms with van der Waals surface area (Å²) in [5.41, 5.74) is 1.72. The highest BCUT2D eigenvalue weighted by atomic mass is 16.5. The summed E-state index contributed by atoms with van der Waals surface area (Å²) < 4.78 is 5.30. The number of nitrogens with zero attached hydrogens (tertiary/aromatic N) is 1. The number of hydrogen-bond donors (Lipinski definition) is 0. The third-order valence-electron chi connectivity index (χ3n) is 3.96. The number of aryl methyl sites for hydroxylation is 1. The van der Waals surface area contributed by atoms with Crippen LogP contribution in [0.3, 0.4) is 0 Å². The molecule has 0 aliphatic carbocycles. The molecular formula is C19H17NO4. The highest BCUT2D eigenvalue weighted by Crippen LogP contribution is 2.23. The van der Waals surface area contributed by atoms with Crippen LogP contribution in [0.25, 0.3) is 0 Å². The predicted octanol–water partition coefficient (Wildman–Crippen LogP) is 2.98. The molecule has 5 heteroatoms.